The van der Waals surface area contributed by atoms with E-state index in [0.717, 1.165) is 29.7 Å². The van der Waals surface area contributed by atoms with Gasteiger partial charge in [-0.2, -0.15) is 4.98 Å². The number of hydrogen-bond acceptors (Lipinski definition) is 5. The molecule has 2 saturated heterocycles. The van der Waals surface area contributed by atoms with Crippen LogP contribution in [-0.2, 0) is 4.79 Å². The number of aromatic nitrogens is 2. The molecule has 7 heteroatoms. The SMILES string of the molecule is Cc1ccc(N2C[C@@H](c3noc(C4CCN(C(=O)c5ccccc5)CC4)n3)CC2=O)cc1. The van der Waals surface area contributed by atoms with Crippen molar-refractivity contribution in [2.45, 2.75) is 38.0 Å². The van der Waals surface area contributed by atoms with Crippen LogP contribution in [0.2, 0.25) is 0 Å². The summed E-state index contributed by atoms with van der Waals surface area (Å²) in [5.74, 6) is 1.44. The lowest BCUT2D eigenvalue weighted by Crippen LogP contribution is -2.38. The van der Waals surface area contributed by atoms with Gasteiger partial charge in [0.25, 0.3) is 5.91 Å². The van der Waals surface area contributed by atoms with Crippen molar-refractivity contribution >= 4 is 17.5 Å². The molecule has 2 aliphatic heterocycles. The number of anilines is 1. The van der Waals surface area contributed by atoms with Crippen LogP contribution in [0, 0.1) is 6.92 Å². The second-order valence-electron chi connectivity index (χ2n) is 8.66. The minimum atomic E-state index is -0.0685. The predicted molar refractivity (Wildman–Crippen MR) is 120 cm³/mol. The van der Waals surface area contributed by atoms with Crippen molar-refractivity contribution in [3.8, 4) is 0 Å². The average molecular weight is 431 g/mol. The Morgan fingerprint density at radius 1 is 1.00 bits per heavy atom. The Morgan fingerprint density at radius 2 is 1.72 bits per heavy atom. The van der Waals surface area contributed by atoms with E-state index in [2.05, 4.69) is 10.1 Å². The van der Waals surface area contributed by atoms with Crippen molar-refractivity contribution in [3.63, 3.8) is 0 Å². The Bertz CT molecular complexity index is 1100. The van der Waals surface area contributed by atoms with Gasteiger partial charge in [-0.25, -0.2) is 0 Å². The van der Waals surface area contributed by atoms with Gasteiger partial charge < -0.3 is 14.3 Å². The van der Waals surface area contributed by atoms with E-state index in [9.17, 15) is 9.59 Å². The number of carbonyl (C=O) groups is 2. The van der Waals surface area contributed by atoms with Gasteiger partial charge in [-0.05, 0) is 44.0 Å². The summed E-state index contributed by atoms with van der Waals surface area (Å²) in [5, 5.41) is 4.21. The molecule has 0 radical (unpaired) electrons. The first kappa shape index (κ1) is 20.4. The van der Waals surface area contributed by atoms with Crippen LogP contribution in [0.4, 0.5) is 5.69 Å². The maximum atomic E-state index is 12.7. The van der Waals surface area contributed by atoms with Crippen molar-refractivity contribution in [2.24, 2.45) is 0 Å². The Kier molecular flexibility index (Phi) is 5.47. The largest absolute Gasteiger partial charge is 0.339 e. The van der Waals surface area contributed by atoms with E-state index in [-0.39, 0.29) is 23.7 Å². The Balaban J connectivity index is 1.21. The molecule has 3 aromatic rings. The van der Waals surface area contributed by atoms with Gasteiger partial charge in [-0.15, -0.1) is 0 Å². The molecule has 0 spiro atoms. The van der Waals surface area contributed by atoms with Crippen LogP contribution >= 0.6 is 0 Å². The van der Waals surface area contributed by atoms with E-state index in [1.807, 2.05) is 66.4 Å². The lowest BCUT2D eigenvalue weighted by atomic mass is 9.96. The van der Waals surface area contributed by atoms with E-state index in [4.69, 9.17) is 4.52 Å². The molecule has 2 aromatic carbocycles. The molecule has 0 N–H and O–H groups in total. The molecule has 2 aliphatic rings. The number of aryl methyl sites for hydroxylation is 1. The predicted octanol–water partition coefficient (Wildman–Crippen LogP) is 3.92. The second-order valence-corrected chi connectivity index (χ2v) is 8.66. The standard InChI is InChI=1S/C25H26N4O3/c1-17-7-9-21(10-8-17)29-16-20(15-22(29)30)23-26-24(32-27-23)18-11-13-28(14-12-18)25(31)19-5-3-2-4-6-19/h2-10,18,20H,11-16H2,1H3/t20-/m0/s1. The van der Waals surface area contributed by atoms with Gasteiger partial charge in [0.2, 0.25) is 11.8 Å². The van der Waals surface area contributed by atoms with Gasteiger partial charge in [-0.1, -0.05) is 41.1 Å². The number of amides is 2. The molecule has 0 unspecified atom stereocenters. The number of rotatable bonds is 4. The molecule has 1 aromatic heterocycles. The molecule has 164 valence electrons. The topological polar surface area (TPSA) is 79.5 Å². The summed E-state index contributed by atoms with van der Waals surface area (Å²) in [5.41, 5.74) is 2.79. The highest BCUT2D eigenvalue weighted by atomic mass is 16.5. The van der Waals surface area contributed by atoms with Crippen LogP contribution in [0.1, 0.15) is 58.7 Å². The van der Waals surface area contributed by atoms with Gasteiger partial charge in [0.1, 0.15) is 0 Å². The zero-order valence-electron chi connectivity index (χ0n) is 18.1. The lowest BCUT2D eigenvalue weighted by molar-refractivity contribution is -0.117. The molecule has 2 amide bonds. The number of benzene rings is 2. The second kappa shape index (κ2) is 8.57. The third kappa shape index (κ3) is 4.02. The van der Waals surface area contributed by atoms with Crippen molar-refractivity contribution in [2.75, 3.05) is 24.5 Å². The highest BCUT2D eigenvalue weighted by Crippen LogP contribution is 2.33. The number of likely N-dealkylation sites (tertiary alicyclic amines) is 1. The molecular weight excluding hydrogens is 404 g/mol. The third-order valence-corrected chi connectivity index (χ3v) is 6.45. The van der Waals surface area contributed by atoms with Crippen LogP contribution < -0.4 is 4.90 Å². The van der Waals surface area contributed by atoms with Crippen LogP contribution in [0.5, 0.6) is 0 Å². The molecule has 7 nitrogen and oxygen atoms in total. The van der Waals surface area contributed by atoms with Gasteiger partial charge in [0.15, 0.2) is 5.82 Å². The molecular formula is C25H26N4O3. The zero-order valence-corrected chi connectivity index (χ0v) is 18.1. The summed E-state index contributed by atoms with van der Waals surface area (Å²) in [6.07, 6.45) is 1.97. The fraction of sp³-hybridized carbons (Fsp3) is 0.360. The summed E-state index contributed by atoms with van der Waals surface area (Å²) >= 11 is 0. The molecule has 0 aliphatic carbocycles. The summed E-state index contributed by atoms with van der Waals surface area (Å²) in [7, 11) is 0. The molecule has 32 heavy (non-hydrogen) atoms. The van der Waals surface area contributed by atoms with Gasteiger partial charge >= 0.3 is 0 Å². The van der Waals surface area contributed by atoms with Crippen molar-refractivity contribution in [1.82, 2.24) is 15.0 Å². The minimum absolute atomic E-state index is 0.0657. The Hall–Kier alpha value is -3.48. The molecule has 0 bridgehead atoms. The summed E-state index contributed by atoms with van der Waals surface area (Å²) in [4.78, 5) is 33.6. The molecule has 2 fully saturated rings. The number of piperidine rings is 1. The highest BCUT2D eigenvalue weighted by molar-refractivity contribution is 5.96. The summed E-state index contributed by atoms with van der Waals surface area (Å²) in [6, 6.07) is 17.3. The van der Waals surface area contributed by atoms with E-state index < -0.39 is 0 Å². The van der Waals surface area contributed by atoms with E-state index >= 15 is 0 Å². The zero-order chi connectivity index (χ0) is 22.1. The lowest BCUT2D eigenvalue weighted by Gasteiger charge is -2.30. The van der Waals surface area contributed by atoms with E-state index in [1.54, 1.807) is 4.90 Å². The number of nitrogens with zero attached hydrogens (tertiary/aromatic N) is 4. The normalized spacial score (nSPS) is 19.5. The first-order valence-corrected chi connectivity index (χ1v) is 11.1. The maximum Gasteiger partial charge on any atom is 0.253 e. The maximum absolute atomic E-state index is 12.7. The van der Waals surface area contributed by atoms with Gasteiger partial charge in [0.05, 0.1) is 0 Å². The van der Waals surface area contributed by atoms with Crippen LogP contribution in [-0.4, -0.2) is 46.5 Å². The van der Waals surface area contributed by atoms with Crippen molar-refractivity contribution in [1.29, 1.82) is 0 Å². The molecule has 1 atom stereocenters. The monoisotopic (exact) mass is 430 g/mol. The summed E-state index contributed by atoms with van der Waals surface area (Å²) in [6.45, 7) is 3.92. The fourth-order valence-electron chi connectivity index (χ4n) is 4.53. The smallest absolute Gasteiger partial charge is 0.253 e. The van der Waals surface area contributed by atoms with E-state index in [0.29, 0.717) is 37.8 Å². The highest BCUT2D eigenvalue weighted by Gasteiger charge is 2.35. The first-order chi connectivity index (χ1) is 15.6. The van der Waals surface area contributed by atoms with E-state index in [1.165, 1.54) is 0 Å². The van der Waals surface area contributed by atoms with Crippen LogP contribution in [0.15, 0.2) is 59.1 Å². The molecule has 5 rings (SSSR count). The van der Waals surface area contributed by atoms with Gasteiger partial charge in [-0.3, -0.25) is 9.59 Å². The average Bonchev–Trinajstić information content (AvgIpc) is 3.47. The molecule has 0 saturated carbocycles. The van der Waals surface area contributed by atoms with Crippen molar-refractivity contribution in [3.05, 3.63) is 77.4 Å². The Morgan fingerprint density at radius 3 is 2.44 bits per heavy atom. The van der Waals surface area contributed by atoms with Crippen LogP contribution in [0.25, 0.3) is 0 Å². The minimum Gasteiger partial charge on any atom is -0.339 e. The fourth-order valence-corrected chi connectivity index (χ4v) is 4.53. The quantitative estimate of drug-likeness (QED) is 0.627. The van der Waals surface area contributed by atoms with Gasteiger partial charge in [0, 0.05) is 49.1 Å². The third-order valence-electron chi connectivity index (χ3n) is 6.45. The number of carbonyl (C=O) groups excluding carboxylic acids is 2. The van der Waals surface area contributed by atoms with Crippen LogP contribution in [0.3, 0.4) is 0 Å². The van der Waals surface area contributed by atoms with Crippen molar-refractivity contribution < 1.29 is 14.1 Å². The Labute approximate surface area is 187 Å². The summed E-state index contributed by atoms with van der Waals surface area (Å²) < 4.78 is 5.59. The number of hydrogen-bond donors (Lipinski definition) is 0. The molecule has 3 heterocycles. The first-order valence-electron chi connectivity index (χ1n) is 11.1.